The van der Waals surface area contributed by atoms with E-state index in [2.05, 4.69) is 10.1 Å². The summed E-state index contributed by atoms with van der Waals surface area (Å²) in [7, 11) is 0. The molecule has 5 heteroatoms. The number of nitrogens with one attached hydrogen (secondary N) is 1. The molecule has 0 aliphatic heterocycles. The Morgan fingerprint density at radius 2 is 2.00 bits per heavy atom. The number of H-pyrrole nitrogens is 1. The molecule has 0 amide bonds. The molecule has 0 saturated heterocycles. The summed E-state index contributed by atoms with van der Waals surface area (Å²) < 4.78 is 14.5. The highest BCUT2D eigenvalue weighted by molar-refractivity contribution is 5.37. The molecule has 0 atom stereocenters. The molecule has 0 spiro atoms. The Morgan fingerprint density at radius 3 is 2.78 bits per heavy atom. The van der Waals surface area contributed by atoms with E-state index in [9.17, 15) is 9.18 Å². The van der Waals surface area contributed by atoms with Gasteiger partial charge in [0.15, 0.2) is 11.1 Å². The summed E-state index contributed by atoms with van der Waals surface area (Å²) in [5, 5.41) is 3.06. The number of pyridine rings is 1. The molecule has 2 aromatic heterocycles. The van der Waals surface area contributed by atoms with Gasteiger partial charge in [-0.25, -0.2) is 13.9 Å². The summed E-state index contributed by atoms with van der Waals surface area (Å²) in [4.78, 5) is 15.5. The lowest BCUT2D eigenvalue weighted by Gasteiger charge is -1.97. The Labute approximate surface area is 102 Å². The molecule has 3 aromatic rings. The zero-order valence-electron chi connectivity index (χ0n) is 9.43. The van der Waals surface area contributed by atoms with Crippen LogP contribution in [0, 0.1) is 5.82 Å². The number of hydrogen-bond acceptors (Lipinski definition) is 2. The molecular formula is C13H10FN3O. The number of aromatic nitrogens is 3. The highest BCUT2D eigenvalue weighted by atomic mass is 19.1. The quantitative estimate of drug-likeness (QED) is 0.745. The van der Waals surface area contributed by atoms with Crippen molar-refractivity contribution in [1.29, 1.82) is 0 Å². The molecule has 0 radical (unpaired) electrons. The number of fused-ring (bicyclic) bond motifs is 1. The van der Waals surface area contributed by atoms with E-state index >= 15 is 0 Å². The fraction of sp³-hybridized carbons (Fsp3) is 0.0769. The smallest absolute Gasteiger partial charge is 0.183 e. The first-order valence-electron chi connectivity index (χ1n) is 5.52. The highest BCUT2D eigenvalue weighted by Gasteiger charge is 2.03. The molecular weight excluding hydrogens is 233 g/mol. The van der Waals surface area contributed by atoms with Crippen LogP contribution in [0.1, 0.15) is 11.4 Å². The van der Waals surface area contributed by atoms with Gasteiger partial charge in [-0.2, -0.15) is 0 Å². The molecule has 0 aliphatic carbocycles. The first-order valence-corrected chi connectivity index (χ1v) is 5.52. The van der Waals surface area contributed by atoms with E-state index in [-0.39, 0.29) is 11.2 Å². The summed E-state index contributed by atoms with van der Waals surface area (Å²) in [5.74, 6) is 0.473. The van der Waals surface area contributed by atoms with Gasteiger partial charge in [-0.15, -0.1) is 0 Å². The molecule has 2 heterocycles. The minimum absolute atomic E-state index is 0.0742. The van der Waals surface area contributed by atoms with E-state index < -0.39 is 0 Å². The van der Waals surface area contributed by atoms with Crippen molar-refractivity contribution < 1.29 is 4.39 Å². The highest BCUT2D eigenvalue weighted by Crippen LogP contribution is 2.08. The van der Waals surface area contributed by atoms with Crippen LogP contribution in [-0.4, -0.2) is 14.6 Å². The minimum Gasteiger partial charge on any atom is -0.290 e. The third-order valence-electron chi connectivity index (χ3n) is 2.69. The molecule has 4 nitrogen and oxygen atoms in total. The molecule has 0 saturated carbocycles. The van der Waals surface area contributed by atoms with Gasteiger partial charge in [0.1, 0.15) is 11.6 Å². The fourth-order valence-corrected chi connectivity index (χ4v) is 1.83. The van der Waals surface area contributed by atoms with Gasteiger partial charge < -0.3 is 0 Å². The lowest BCUT2D eigenvalue weighted by molar-refractivity contribution is 0.627. The van der Waals surface area contributed by atoms with E-state index in [4.69, 9.17) is 0 Å². The first kappa shape index (κ1) is 10.7. The van der Waals surface area contributed by atoms with Crippen molar-refractivity contribution in [2.75, 3.05) is 0 Å². The maximum atomic E-state index is 12.8. The zero-order valence-corrected chi connectivity index (χ0v) is 9.43. The van der Waals surface area contributed by atoms with Crippen molar-refractivity contribution >= 4 is 5.65 Å². The number of benzene rings is 1. The number of aromatic amines is 1. The van der Waals surface area contributed by atoms with Gasteiger partial charge in [-0.1, -0.05) is 12.1 Å². The van der Waals surface area contributed by atoms with Gasteiger partial charge >= 0.3 is 0 Å². The Balaban J connectivity index is 1.95. The largest absolute Gasteiger partial charge is 0.290 e. The molecule has 90 valence electrons. The van der Waals surface area contributed by atoms with Gasteiger partial charge in [0.25, 0.3) is 0 Å². The van der Waals surface area contributed by atoms with Gasteiger partial charge in [-0.05, 0) is 17.7 Å². The summed E-state index contributed by atoms with van der Waals surface area (Å²) >= 11 is 0. The predicted octanol–water partition coefficient (Wildman–Crippen LogP) is 1.75. The van der Waals surface area contributed by atoms with E-state index in [1.807, 2.05) is 0 Å². The lowest BCUT2D eigenvalue weighted by Crippen LogP contribution is -1.98. The van der Waals surface area contributed by atoms with Crippen LogP contribution in [0.2, 0.25) is 0 Å². The lowest BCUT2D eigenvalue weighted by atomic mass is 10.1. The zero-order chi connectivity index (χ0) is 12.5. The van der Waals surface area contributed by atoms with E-state index in [0.29, 0.717) is 12.1 Å². The van der Waals surface area contributed by atoms with Crippen LogP contribution in [0.25, 0.3) is 5.65 Å². The monoisotopic (exact) mass is 243 g/mol. The molecule has 0 unspecified atom stereocenters. The second-order valence-electron chi connectivity index (χ2n) is 4.06. The van der Waals surface area contributed by atoms with Gasteiger partial charge in [0.2, 0.25) is 0 Å². The maximum absolute atomic E-state index is 12.8. The third kappa shape index (κ3) is 2.02. The van der Waals surface area contributed by atoms with E-state index in [0.717, 1.165) is 11.4 Å². The average molecular weight is 243 g/mol. The summed E-state index contributed by atoms with van der Waals surface area (Å²) in [5.41, 5.74) is 1.47. The Hall–Kier alpha value is -2.43. The Morgan fingerprint density at radius 1 is 1.22 bits per heavy atom. The Kier molecular flexibility index (Phi) is 2.44. The van der Waals surface area contributed by atoms with E-state index in [1.54, 1.807) is 22.8 Å². The van der Waals surface area contributed by atoms with Crippen LogP contribution in [-0.2, 0) is 6.42 Å². The van der Waals surface area contributed by atoms with Crippen LogP contribution in [0.4, 0.5) is 4.39 Å². The van der Waals surface area contributed by atoms with Gasteiger partial charge in [0, 0.05) is 24.8 Å². The number of nitrogens with zero attached hydrogens (tertiary/aromatic N) is 2. The number of rotatable bonds is 2. The van der Waals surface area contributed by atoms with E-state index in [1.165, 1.54) is 24.3 Å². The third-order valence-corrected chi connectivity index (χ3v) is 2.69. The van der Waals surface area contributed by atoms with Gasteiger partial charge in [-0.3, -0.25) is 9.89 Å². The van der Waals surface area contributed by atoms with Crippen molar-refractivity contribution in [3.63, 3.8) is 0 Å². The van der Waals surface area contributed by atoms with Gasteiger partial charge in [0.05, 0.1) is 0 Å². The fourth-order valence-electron chi connectivity index (χ4n) is 1.83. The summed E-state index contributed by atoms with van der Waals surface area (Å²) in [6, 6.07) is 9.19. The predicted molar refractivity (Wildman–Crippen MR) is 65.0 cm³/mol. The number of halogens is 1. The van der Waals surface area contributed by atoms with Crippen LogP contribution in [0.3, 0.4) is 0 Å². The van der Waals surface area contributed by atoms with Crippen molar-refractivity contribution in [1.82, 2.24) is 14.6 Å². The summed E-state index contributed by atoms with van der Waals surface area (Å²) in [6.07, 6.45) is 2.20. The first-order chi connectivity index (χ1) is 8.70. The SMILES string of the molecule is O=c1ccn2[nH]c(Cc3ccc(F)cc3)nc2c1. The standard InChI is InChI=1S/C13H10FN3O/c14-10-3-1-9(2-4-10)7-12-15-13-8-11(18)5-6-17(13)16-12/h1-6,8H,7H2,(H,15,16). The summed E-state index contributed by atoms with van der Waals surface area (Å²) in [6.45, 7) is 0. The van der Waals surface area contributed by atoms with Crippen molar-refractivity contribution in [2.24, 2.45) is 0 Å². The topological polar surface area (TPSA) is 50.2 Å². The Bertz CT molecular complexity index is 743. The second-order valence-corrected chi connectivity index (χ2v) is 4.06. The van der Waals surface area contributed by atoms with Crippen molar-refractivity contribution in [3.05, 3.63) is 70.0 Å². The van der Waals surface area contributed by atoms with Crippen molar-refractivity contribution in [2.45, 2.75) is 6.42 Å². The van der Waals surface area contributed by atoms with Crippen LogP contribution in [0.5, 0.6) is 0 Å². The molecule has 1 N–H and O–H groups in total. The molecule has 18 heavy (non-hydrogen) atoms. The molecule has 0 bridgehead atoms. The van der Waals surface area contributed by atoms with Crippen molar-refractivity contribution in [3.8, 4) is 0 Å². The molecule has 3 rings (SSSR count). The minimum atomic E-state index is -0.256. The second kappa shape index (κ2) is 4.10. The average Bonchev–Trinajstić information content (AvgIpc) is 2.73. The molecule has 1 aromatic carbocycles. The van der Waals surface area contributed by atoms with Crippen LogP contribution in [0.15, 0.2) is 47.4 Å². The molecule has 0 aliphatic rings. The maximum Gasteiger partial charge on any atom is 0.183 e. The van der Waals surface area contributed by atoms with Crippen LogP contribution < -0.4 is 5.43 Å². The number of hydrogen-bond donors (Lipinski definition) is 1. The van der Waals surface area contributed by atoms with Crippen LogP contribution >= 0.6 is 0 Å². The molecule has 0 fully saturated rings. The normalized spacial score (nSPS) is 10.9.